The third kappa shape index (κ3) is 4.52. The van der Waals surface area contributed by atoms with Gasteiger partial charge in [-0.3, -0.25) is 14.5 Å². The third-order valence-electron chi connectivity index (χ3n) is 6.38. The summed E-state index contributed by atoms with van der Waals surface area (Å²) in [5.41, 5.74) is -0.0976. The minimum Gasteiger partial charge on any atom is -0.489 e. The van der Waals surface area contributed by atoms with Crippen molar-refractivity contribution in [1.82, 2.24) is 25.0 Å². The Morgan fingerprint density at radius 1 is 1.27 bits per heavy atom. The van der Waals surface area contributed by atoms with E-state index in [0.717, 1.165) is 25.5 Å². The van der Waals surface area contributed by atoms with Gasteiger partial charge in [-0.15, -0.1) is 0 Å². The average molecular weight is 461 g/mol. The van der Waals surface area contributed by atoms with Gasteiger partial charge in [0, 0.05) is 36.3 Å². The number of aromatic nitrogens is 3. The van der Waals surface area contributed by atoms with Gasteiger partial charge in [0.25, 0.3) is 5.91 Å². The summed E-state index contributed by atoms with van der Waals surface area (Å²) in [6, 6.07) is 7.70. The standard InChI is InChI=1S/C23H26F3N5O2/c1-30(2)22(9-5-10-22)14-28-21(32)19-17-12-16(7-8-18(17)29-31(19)3)33-13-15-6-4-11-27-20(15)23(24,25)26/h4,6-8,11-12H,5,9-10,13-14H2,1-3H3,(H,28,32). The highest BCUT2D eigenvalue weighted by atomic mass is 19.4. The van der Waals surface area contributed by atoms with Crippen molar-refractivity contribution in [1.29, 1.82) is 0 Å². The number of aryl methyl sites for hydroxylation is 1. The SMILES string of the molecule is CN(C)C1(CNC(=O)c2c3cc(OCc4cccnc4C(F)(F)F)ccc3nn2C)CCC1. The molecule has 1 aromatic carbocycles. The Morgan fingerprint density at radius 3 is 2.67 bits per heavy atom. The zero-order valence-electron chi connectivity index (χ0n) is 18.7. The van der Waals surface area contributed by atoms with Crippen LogP contribution in [0.1, 0.15) is 41.0 Å². The first-order chi connectivity index (χ1) is 15.6. The molecule has 0 bridgehead atoms. The number of likely N-dealkylation sites (N-methyl/N-ethyl adjacent to an activating group) is 1. The number of nitrogens with zero attached hydrogens (tertiary/aromatic N) is 4. The molecule has 0 aliphatic heterocycles. The van der Waals surface area contributed by atoms with Crippen molar-refractivity contribution >= 4 is 16.8 Å². The van der Waals surface area contributed by atoms with E-state index in [2.05, 4.69) is 20.3 Å². The molecule has 0 saturated heterocycles. The van der Waals surface area contributed by atoms with Crippen molar-refractivity contribution in [3.8, 4) is 5.75 Å². The van der Waals surface area contributed by atoms with Gasteiger partial charge in [-0.2, -0.15) is 18.3 Å². The molecular formula is C23H26F3N5O2. The summed E-state index contributed by atoms with van der Waals surface area (Å²) in [5.74, 6) is 0.0853. The van der Waals surface area contributed by atoms with Crippen LogP contribution >= 0.6 is 0 Å². The fraction of sp³-hybridized carbons (Fsp3) is 0.435. The maximum Gasteiger partial charge on any atom is 0.433 e. The van der Waals surface area contributed by atoms with Crippen LogP contribution in [0.25, 0.3) is 10.9 Å². The Bertz CT molecular complexity index is 1170. The number of carbonyl (C=O) groups is 1. The molecule has 176 valence electrons. The van der Waals surface area contributed by atoms with Gasteiger partial charge in [0.2, 0.25) is 0 Å². The van der Waals surface area contributed by atoms with Crippen molar-refractivity contribution in [3.63, 3.8) is 0 Å². The van der Waals surface area contributed by atoms with Gasteiger partial charge in [0.15, 0.2) is 5.69 Å². The summed E-state index contributed by atoms with van der Waals surface area (Å²) in [4.78, 5) is 18.6. The predicted octanol–water partition coefficient (Wildman–Crippen LogP) is 3.78. The molecule has 2 heterocycles. The van der Waals surface area contributed by atoms with Gasteiger partial charge < -0.3 is 15.0 Å². The van der Waals surface area contributed by atoms with E-state index in [1.54, 1.807) is 25.2 Å². The van der Waals surface area contributed by atoms with Crippen molar-refractivity contribution in [2.75, 3.05) is 20.6 Å². The number of carbonyl (C=O) groups excluding carboxylic acids is 1. The fourth-order valence-corrected chi connectivity index (χ4v) is 4.20. The van der Waals surface area contributed by atoms with Crippen molar-refractivity contribution < 1.29 is 22.7 Å². The smallest absolute Gasteiger partial charge is 0.433 e. The van der Waals surface area contributed by atoms with E-state index in [-0.39, 0.29) is 23.6 Å². The van der Waals surface area contributed by atoms with E-state index in [1.165, 1.54) is 16.8 Å². The van der Waals surface area contributed by atoms with Crippen LogP contribution < -0.4 is 10.1 Å². The minimum absolute atomic E-state index is 0.0295. The maximum atomic E-state index is 13.2. The van der Waals surface area contributed by atoms with E-state index < -0.39 is 11.9 Å². The number of alkyl halides is 3. The van der Waals surface area contributed by atoms with Crippen LogP contribution in [-0.4, -0.2) is 51.8 Å². The number of hydrogen-bond acceptors (Lipinski definition) is 5. The van der Waals surface area contributed by atoms with E-state index in [4.69, 9.17) is 4.74 Å². The molecule has 1 aliphatic carbocycles. The first-order valence-electron chi connectivity index (χ1n) is 10.7. The molecule has 3 aromatic rings. The molecule has 0 unspecified atom stereocenters. The summed E-state index contributed by atoms with van der Waals surface area (Å²) in [6.07, 6.45) is -0.278. The summed E-state index contributed by atoms with van der Waals surface area (Å²) in [7, 11) is 5.72. The van der Waals surface area contributed by atoms with Gasteiger partial charge in [0.1, 0.15) is 18.1 Å². The first-order valence-corrected chi connectivity index (χ1v) is 10.7. The lowest BCUT2D eigenvalue weighted by molar-refractivity contribution is -0.142. The highest BCUT2D eigenvalue weighted by Gasteiger charge is 2.39. The second-order valence-corrected chi connectivity index (χ2v) is 8.60. The lowest BCUT2D eigenvalue weighted by Crippen LogP contribution is -2.57. The number of benzene rings is 1. The van der Waals surface area contributed by atoms with Crippen LogP contribution in [-0.2, 0) is 19.8 Å². The highest BCUT2D eigenvalue weighted by Crippen LogP contribution is 2.35. The Kier molecular flexibility index (Phi) is 6.04. The van der Waals surface area contributed by atoms with Gasteiger partial charge in [-0.25, -0.2) is 0 Å². The monoisotopic (exact) mass is 461 g/mol. The Morgan fingerprint density at radius 2 is 2.03 bits per heavy atom. The quantitative estimate of drug-likeness (QED) is 0.580. The Hall–Kier alpha value is -3.14. The molecule has 1 fully saturated rings. The van der Waals surface area contributed by atoms with Gasteiger partial charge in [-0.1, -0.05) is 6.07 Å². The van der Waals surface area contributed by atoms with Crippen LogP contribution in [0.3, 0.4) is 0 Å². The topological polar surface area (TPSA) is 72.3 Å². The molecule has 0 spiro atoms. The molecule has 0 radical (unpaired) electrons. The van der Waals surface area contributed by atoms with Gasteiger partial charge in [0.05, 0.1) is 5.52 Å². The molecule has 33 heavy (non-hydrogen) atoms. The van der Waals surface area contributed by atoms with Crippen LogP contribution in [0.4, 0.5) is 13.2 Å². The normalized spacial score (nSPS) is 15.5. The first kappa shape index (κ1) is 23.0. The number of halogens is 3. The molecular weight excluding hydrogens is 435 g/mol. The van der Waals surface area contributed by atoms with E-state index in [0.29, 0.717) is 28.9 Å². The van der Waals surface area contributed by atoms with Crippen molar-refractivity contribution in [3.05, 3.63) is 53.5 Å². The molecule has 0 atom stereocenters. The molecule has 1 N–H and O–H groups in total. The number of rotatable bonds is 7. The molecule has 4 rings (SSSR count). The molecule has 1 saturated carbocycles. The molecule has 2 aromatic heterocycles. The van der Waals surface area contributed by atoms with E-state index >= 15 is 0 Å². The summed E-state index contributed by atoms with van der Waals surface area (Å²) in [5, 5.41) is 7.98. The van der Waals surface area contributed by atoms with Crippen LogP contribution in [0.2, 0.25) is 0 Å². The molecule has 10 heteroatoms. The highest BCUT2D eigenvalue weighted by molar-refractivity contribution is 6.05. The van der Waals surface area contributed by atoms with Gasteiger partial charge >= 0.3 is 6.18 Å². The zero-order valence-corrected chi connectivity index (χ0v) is 18.7. The summed E-state index contributed by atoms with van der Waals surface area (Å²) < 4.78 is 46.7. The summed E-state index contributed by atoms with van der Waals surface area (Å²) in [6.45, 7) is 0.226. The van der Waals surface area contributed by atoms with Crippen LogP contribution in [0, 0.1) is 0 Å². The molecule has 1 amide bonds. The number of amides is 1. The number of ether oxygens (including phenoxy) is 1. The number of nitrogens with one attached hydrogen (secondary N) is 1. The van der Waals surface area contributed by atoms with Crippen LogP contribution in [0.15, 0.2) is 36.5 Å². The maximum absolute atomic E-state index is 13.2. The van der Waals surface area contributed by atoms with Gasteiger partial charge in [-0.05, 0) is 57.6 Å². The van der Waals surface area contributed by atoms with E-state index in [9.17, 15) is 18.0 Å². The number of fused-ring (bicyclic) bond motifs is 1. The summed E-state index contributed by atoms with van der Waals surface area (Å²) >= 11 is 0. The average Bonchev–Trinajstić information content (AvgIpc) is 3.05. The van der Waals surface area contributed by atoms with Crippen molar-refractivity contribution in [2.24, 2.45) is 7.05 Å². The molecule has 7 nitrogen and oxygen atoms in total. The van der Waals surface area contributed by atoms with Crippen LogP contribution in [0.5, 0.6) is 5.75 Å². The fourth-order valence-electron chi connectivity index (χ4n) is 4.20. The minimum atomic E-state index is -4.57. The predicted molar refractivity (Wildman–Crippen MR) is 117 cm³/mol. The van der Waals surface area contributed by atoms with Crippen molar-refractivity contribution in [2.45, 2.75) is 37.6 Å². The Labute approximate surface area is 189 Å². The lowest BCUT2D eigenvalue weighted by atomic mass is 9.75. The third-order valence-corrected chi connectivity index (χ3v) is 6.38. The lowest BCUT2D eigenvalue weighted by Gasteiger charge is -2.47. The number of hydrogen-bond donors (Lipinski definition) is 1. The Balaban J connectivity index is 1.54. The number of pyridine rings is 1. The van der Waals surface area contributed by atoms with E-state index in [1.807, 2.05) is 14.1 Å². The second-order valence-electron chi connectivity index (χ2n) is 8.60. The second kappa shape index (κ2) is 8.66. The zero-order chi connectivity index (χ0) is 23.8. The molecule has 1 aliphatic rings. The largest absolute Gasteiger partial charge is 0.489 e.